The van der Waals surface area contributed by atoms with E-state index in [1.165, 1.54) is 18.2 Å². The zero-order valence-corrected chi connectivity index (χ0v) is 13.3. The van der Waals surface area contributed by atoms with Crippen molar-refractivity contribution in [2.45, 2.75) is 9.79 Å². The standard InChI is InChI=1S/C16H18FN3O2S/c17-12-1-4-14(5-2-12)23(21,22)16-6-3-13(18)11-15(16)20-9-7-19-8-10-20/h1-6,11,19H,7-10,18H2. The van der Waals surface area contributed by atoms with Crippen LogP contribution in [0.2, 0.25) is 0 Å². The minimum Gasteiger partial charge on any atom is -0.399 e. The summed E-state index contributed by atoms with van der Waals surface area (Å²) in [5, 5.41) is 3.23. The van der Waals surface area contributed by atoms with Crippen LogP contribution in [0.4, 0.5) is 15.8 Å². The van der Waals surface area contributed by atoms with E-state index in [1.807, 2.05) is 4.90 Å². The summed E-state index contributed by atoms with van der Waals surface area (Å²) in [5.41, 5.74) is 6.95. The van der Waals surface area contributed by atoms with Gasteiger partial charge in [-0.1, -0.05) is 0 Å². The number of nitrogen functional groups attached to an aromatic ring is 1. The van der Waals surface area contributed by atoms with E-state index in [2.05, 4.69) is 5.32 Å². The van der Waals surface area contributed by atoms with Crippen LogP contribution in [0.3, 0.4) is 0 Å². The van der Waals surface area contributed by atoms with Crippen LogP contribution >= 0.6 is 0 Å². The lowest BCUT2D eigenvalue weighted by molar-refractivity contribution is 0.579. The van der Waals surface area contributed by atoms with E-state index in [0.717, 1.165) is 25.2 Å². The zero-order chi connectivity index (χ0) is 16.4. The number of hydrogen-bond donors (Lipinski definition) is 2. The van der Waals surface area contributed by atoms with Gasteiger partial charge in [-0.25, -0.2) is 12.8 Å². The summed E-state index contributed by atoms with van der Waals surface area (Å²) in [6.45, 7) is 2.97. The lowest BCUT2D eigenvalue weighted by atomic mass is 10.2. The van der Waals surface area contributed by atoms with E-state index in [-0.39, 0.29) is 9.79 Å². The molecule has 0 unspecified atom stereocenters. The molecule has 1 aliphatic rings. The Bertz CT molecular complexity index is 801. The molecule has 0 aliphatic carbocycles. The maximum atomic E-state index is 13.1. The molecule has 0 spiro atoms. The predicted molar refractivity (Wildman–Crippen MR) is 87.8 cm³/mol. The average Bonchev–Trinajstić information content (AvgIpc) is 2.56. The lowest BCUT2D eigenvalue weighted by Gasteiger charge is -2.31. The van der Waals surface area contributed by atoms with Crippen LogP contribution in [-0.4, -0.2) is 34.6 Å². The van der Waals surface area contributed by atoms with Crippen molar-refractivity contribution in [3.05, 3.63) is 48.3 Å². The van der Waals surface area contributed by atoms with Crippen molar-refractivity contribution >= 4 is 21.2 Å². The molecule has 0 atom stereocenters. The smallest absolute Gasteiger partial charge is 0.208 e. The molecule has 7 heteroatoms. The van der Waals surface area contributed by atoms with Gasteiger partial charge in [0.25, 0.3) is 0 Å². The molecule has 122 valence electrons. The first-order chi connectivity index (χ1) is 11.0. The van der Waals surface area contributed by atoms with Gasteiger partial charge in [-0.3, -0.25) is 0 Å². The molecule has 23 heavy (non-hydrogen) atoms. The Labute approximate surface area is 134 Å². The lowest BCUT2D eigenvalue weighted by Crippen LogP contribution is -2.44. The summed E-state index contributed by atoms with van der Waals surface area (Å²) in [7, 11) is -3.74. The summed E-state index contributed by atoms with van der Waals surface area (Å²) in [6, 6.07) is 9.63. The fraction of sp³-hybridized carbons (Fsp3) is 0.250. The van der Waals surface area contributed by atoms with Gasteiger partial charge in [0.1, 0.15) is 5.82 Å². The van der Waals surface area contributed by atoms with E-state index in [1.54, 1.807) is 12.1 Å². The zero-order valence-electron chi connectivity index (χ0n) is 12.5. The molecule has 5 nitrogen and oxygen atoms in total. The van der Waals surface area contributed by atoms with Crippen LogP contribution in [0.5, 0.6) is 0 Å². The van der Waals surface area contributed by atoms with Gasteiger partial charge >= 0.3 is 0 Å². The van der Waals surface area contributed by atoms with Gasteiger partial charge in [0.2, 0.25) is 9.84 Å². The summed E-state index contributed by atoms with van der Waals surface area (Å²) in [6.07, 6.45) is 0. The molecule has 2 aromatic rings. The van der Waals surface area contributed by atoms with Crippen molar-refractivity contribution in [2.75, 3.05) is 36.8 Å². The Morgan fingerprint density at radius 2 is 1.70 bits per heavy atom. The first kappa shape index (κ1) is 15.8. The predicted octanol–water partition coefficient (Wildman–Crippen LogP) is 1.65. The number of hydrogen-bond acceptors (Lipinski definition) is 5. The molecular formula is C16H18FN3O2S. The second-order valence-electron chi connectivity index (χ2n) is 5.42. The quantitative estimate of drug-likeness (QED) is 0.659. The fourth-order valence-electron chi connectivity index (χ4n) is 2.66. The van der Waals surface area contributed by atoms with Crippen LogP contribution in [0, 0.1) is 5.82 Å². The first-order valence-corrected chi connectivity index (χ1v) is 8.82. The highest BCUT2D eigenvalue weighted by molar-refractivity contribution is 7.91. The summed E-state index contributed by atoms with van der Waals surface area (Å²) in [4.78, 5) is 2.27. The molecule has 1 fully saturated rings. The fourth-order valence-corrected chi connectivity index (χ4v) is 4.11. The van der Waals surface area contributed by atoms with Crippen LogP contribution in [0.15, 0.2) is 52.3 Å². The molecule has 2 aromatic carbocycles. The third-order valence-corrected chi connectivity index (χ3v) is 5.67. The molecule has 3 N–H and O–H groups in total. The van der Waals surface area contributed by atoms with E-state index >= 15 is 0 Å². The Morgan fingerprint density at radius 1 is 1.04 bits per heavy atom. The van der Waals surface area contributed by atoms with Crippen LogP contribution in [0.25, 0.3) is 0 Å². The monoisotopic (exact) mass is 335 g/mol. The number of halogens is 1. The Morgan fingerprint density at radius 3 is 2.35 bits per heavy atom. The van der Waals surface area contributed by atoms with Crippen LogP contribution < -0.4 is 16.0 Å². The minimum absolute atomic E-state index is 0.0695. The largest absolute Gasteiger partial charge is 0.399 e. The molecule has 3 rings (SSSR count). The van der Waals surface area contributed by atoms with Gasteiger partial charge in [0.05, 0.1) is 15.5 Å². The average molecular weight is 335 g/mol. The van der Waals surface area contributed by atoms with E-state index in [0.29, 0.717) is 24.5 Å². The van der Waals surface area contributed by atoms with Crippen molar-refractivity contribution in [1.82, 2.24) is 5.32 Å². The second-order valence-corrected chi connectivity index (χ2v) is 7.34. The molecule has 0 saturated carbocycles. The molecule has 1 heterocycles. The van der Waals surface area contributed by atoms with E-state index in [9.17, 15) is 12.8 Å². The Hall–Kier alpha value is -2.12. The minimum atomic E-state index is -3.74. The summed E-state index contributed by atoms with van der Waals surface area (Å²) >= 11 is 0. The molecular weight excluding hydrogens is 317 g/mol. The van der Waals surface area contributed by atoms with Crippen molar-refractivity contribution < 1.29 is 12.8 Å². The van der Waals surface area contributed by atoms with Gasteiger partial charge in [-0.05, 0) is 42.5 Å². The number of rotatable bonds is 3. The van der Waals surface area contributed by atoms with Crippen molar-refractivity contribution in [3.8, 4) is 0 Å². The molecule has 0 radical (unpaired) electrons. The molecule has 0 bridgehead atoms. The SMILES string of the molecule is Nc1ccc(S(=O)(=O)c2ccc(F)cc2)c(N2CCNCC2)c1. The van der Waals surface area contributed by atoms with Gasteiger partial charge in [-0.15, -0.1) is 0 Å². The van der Waals surface area contributed by atoms with Gasteiger partial charge in [0, 0.05) is 31.9 Å². The van der Waals surface area contributed by atoms with E-state index < -0.39 is 15.7 Å². The number of piperazine rings is 1. The molecule has 1 aliphatic heterocycles. The Kier molecular flexibility index (Phi) is 4.23. The van der Waals surface area contributed by atoms with Crippen molar-refractivity contribution in [1.29, 1.82) is 0 Å². The molecule has 1 saturated heterocycles. The highest BCUT2D eigenvalue weighted by Crippen LogP contribution is 2.32. The number of nitrogens with two attached hydrogens (primary N) is 1. The van der Waals surface area contributed by atoms with Gasteiger partial charge in [0.15, 0.2) is 0 Å². The highest BCUT2D eigenvalue weighted by atomic mass is 32.2. The maximum absolute atomic E-state index is 13.1. The molecule has 0 amide bonds. The van der Waals surface area contributed by atoms with Gasteiger partial charge in [-0.2, -0.15) is 0 Å². The third-order valence-electron chi connectivity index (χ3n) is 3.85. The summed E-state index contributed by atoms with van der Waals surface area (Å²) < 4.78 is 38.9. The Balaban J connectivity index is 2.09. The number of sulfone groups is 1. The van der Waals surface area contributed by atoms with Gasteiger partial charge < -0.3 is 16.0 Å². The highest BCUT2D eigenvalue weighted by Gasteiger charge is 2.25. The second kappa shape index (κ2) is 6.17. The first-order valence-electron chi connectivity index (χ1n) is 7.34. The number of anilines is 2. The number of nitrogens with zero attached hydrogens (tertiary/aromatic N) is 1. The van der Waals surface area contributed by atoms with Crippen molar-refractivity contribution in [3.63, 3.8) is 0 Å². The number of benzene rings is 2. The molecule has 0 aromatic heterocycles. The maximum Gasteiger partial charge on any atom is 0.208 e. The summed E-state index contributed by atoms with van der Waals surface area (Å²) in [5.74, 6) is -0.469. The van der Waals surface area contributed by atoms with E-state index in [4.69, 9.17) is 5.73 Å². The van der Waals surface area contributed by atoms with Crippen LogP contribution in [-0.2, 0) is 9.84 Å². The third kappa shape index (κ3) is 3.16. The van der Waals surface area contributed by atoms with Crippen molar-refractivity contribution in [2.24, 2.45) is 0 Å². The normalized spacial score (nSPS) is 15.6. The topological polar surface area (TPSA) is 75.4 Å². The number of nitrogens with one attached hydrogen (secondary N) is 1. The van der Waals surface area contributed by atoms with Crippen LogP contribution in [0.1, 0.15) is 0 Å².